The minimum absolute atomic E-state index is 0.199. The van der Waals surface area contributed by atoms with Gasteiger partial charge in [-0.3, -0.25) is 0 Å². The number of carbonyl (C=O) groups is 1. The lowest BCUT2D eigenvalue weighted by atomic mass is 9.97. The molecule has 1 unspecified atom stereocenters. The lowest BCUT2D eigenvalue weighted by molar-refractivity contribution is 0.0660. The fourth-order valence-electron chi connectivity index (χ4n) is 2.35. The molecule has 0 bridgehead atoms. The number of aromatic carboxylic acids is 1. The zero-order valence-electron chi connectivity index (χ0n) is 13.5. The number of carboxylic acid groups (broad SMARTS) is 1. The predicted molar refractivity (Wildman–Crippen MR) is 83.8 cm³/mol. The lowest BCUT2D eigenvalue weighted by Crippen LogP contribution is -2.02. The predicted octanol–water partition coefficient (Wildman–Crippen LogP) is 2.85. The highest BCUT2D eigenvalue weighted by atomic mass is 16.5. The number of rotatable bonds is 7. The first-order valence-electron chi connectivity index (χ1n) is 7.05. The summed E-state index contributed by atoms with van der Waals surface area (Å²) in [5.74, 6) is -0.294. The summed E-state index contributed by atoms with van der Waals surface area (Å²) in [7, 11) is 4.53. The molecule has 1 aromatic heterocycles. The molecule has 0 radical (unpaired) electrons. The molecule has 0 aliphatic rings. The van der Waals surface area contributed by atoms with Crippen LogP contribution in [0.4, 0.5) is 0 Å². The number of carboxylic acids is 1. The number of benzene rings is 1. The number of ether oxygens (including phenoxy) is 3. The van der Waals surface area contributed by atoms with E-state index in [4.69, 9.17) is 23.7 Å². The van der Waals surface area contributed by atoms with E-state index in [2.05, 4.69) is 6.07 Å². The largest absolute Gasteiger partial charge is 0.493 e. The highest BCUT2D eigenvalue weighted by molar-refractivity contribution is 5.84. The van der Waals surface area contributed by atoms with Gasteiger partial charge in [0.2, 0.25) is 11.5 Å². The van der Waals surface area contributed by atoms with Crippen molar-refractivity contribution in [1.29, 1.82) is 5.26 Å². The second kappa shape index (κ2) is 7.42. The molecule has 7 nitrogen and oxygen atoms in total. The molecular formula is C17H17NO6. The summed E-state index contributed by atoms with van der Waals surface area (Å²) in [6, 6.07) is 8.43. The van der Waals surface area contributed by atoms with Crippen LogP contribution in [0.1, 0.15) is 27.8 Å². The Kier molecular flexibility index (Phi) is 5.32. The van der Waals surface area contributed by atoms with Crippen molar-refractivity contribution < 1.29 is 28.5 Å². The monoisotopic (exact) mass is 331 g/mol. The van der Waals surface area contributed by atoms with Crippen molar-refractivity contribution in [3.63, 3.8) is 0 Å². The Morgan fingerprint density at radius 3 is 2.25 bits per heavy atom. The van der Waals surface area contributed by atoms with E-state index in [1.54, 1.807) is 12.1 Å². The van der Waals surface area contributed by atoms with Crippen LogP contribution in [0.25, 0.3) is 0 Å². The van der Waals surface area contributed by atoms with Crippen LogP contribution < -0.4 is 14.2 Å². The molecule has 1 atom stereocenters. The van der Waals surface area contributed by atoms with Crippen LogP contribution in [0, 0.1) is 11.3 Å². The average Bonchev–Trinajstić information content (AvgIpc) is 3.08. The van der Waals surface area contributed by atoms with Crippen LogP contribution in [-0.4, -0.2) is 32.4 Å². The molecule has 2 rings (SSSR count). The minimum atomic E-state index is -1.18. The first kappa shape index (κ1) is 17.2. The van der Waals surface area contributed by atoms with E-state index in [-0.39, 0.29) is 5.76 Å². The molecule has 0 amide bonds. The Balaban J connectivity index is 2.33. The van der Waals surface area contributed by atoms with Gasteiger partial charge in [-0.25, -0.2) is 4.79 Å². The minimum Gasteiger partial charge on any atom is -0.493 e. The summed E-state index contributed by atoms with van der Waals surface area (Å²) in [6.07, 6.45) is 0.305. The summed E-state index contributed by atoms with van der Waals surface area (Å²) in [5, 5.41) is 18.3. The molecule has 0 fully saturated rings. The third kappa shape index (κ3) is 3.43. The van der Waals surface area contributed by atoms with E-state index < -0.39 is 11.9 Å². The summed E-state index contributed by atoms with van der Waals surface area (Å²) < 4.78 is 21.1. The smallest absolute Gasteiger partial charge is 0.371 e. The fraction of sp³-hybridized carbons (Fsp3) is 0.294. The van der Waals surface area contributed by atoms with Gasteiger partial charge in [-0.05, 0) is 36.2 Å². The fourth-order valence-corrected chi connectivity index (χ4v) is 2.35. The molecule has 2 aromatic rings. The van der Waals surface area contributed by atoms with Gasteiger partial charge >= 0.3 is 5.97 Å². The van der Waals surface area contributed by atoms with Crippen molar-refractivity contribution in [2.45, 2.75) is 12.3 Å². The SMILES string of the molecule is COc1cc(CC(C#N)c2ccc(C(=O)O)o2)cc(OC)c1OC. The average molecular weight is 331 g/mol. The van der Waals surface area contributed by atoms with E-state index in [9.17, 15) is 10.1 Å². The van der Waals surface area contributed by atoms with Gasteiger partial charge in [-0.15, -0.1) is 0 Å². The van der Waals surface area contributed by atoms with E-state index >= 15 is 0 Å². The molecule has 24 heavy (non-hydrogen) atoms. The van der Waals surface area contributed by atoms with Crippen molar-refractivity contribution in [3.8, 4) is 23.3 Å². The van der Waals surface area contributed by atoms with Gasteiger partial charge in [0, 0.05) is 0 Å². The van der Waals surface area contributed by atoms with E-state index in [0.717, 1.165) is 5.56 Å². The maximum absolute atomic E-state index is 10.9. The quantitative estimate of drug-likeness (QED) is 0.832. The lowest BCUT2D eigenvalue weighted by Gasteiger charge is -2.15. The Morgan fingerprint density at radius 2 is 1.83 bits per heavy atom. The molecule has 1 N–H and O–H groups in total. The summed E-state index contributed by atoms with van der Waals surface area (Å²) in [5.41, 5.74) is 0.768. The summed E-state index contributed by atoms with van der Waals surface area (Å²) in [6.45, 7) is 0. The number of hydrogen-bond acceptors (Lipinski definition) is 6. The van der Waals surface area contributed by atoms with E-state index in [1.165, 1.54) is 33.5 Å². The summed E-state index contributed by atoms with van der Waals surface area (Å²) in [4.78, 5) is 10.9. The van der Waals surface area contributed by atoms with Crippen molar-refractivity contribution >= 4 is 5.97 Å². The van der Waals surface area contributed by atoms with Gasteiger partial charge in [0.05, 0.1) is 27.4 Å². The molecule has 1 heterocycles. The maximum atomic E-state index is 10.9. The van der Waals surface area contributed by atoms with Gasteiger partial charge in [-0.2, -0.15) is 5.26 Å². The van der Waals surface area contributed by atoms with Crippen LogP contribution >= 0.6 is 0 Å². The molecule has 0 saturated heterocycles. The van der Waals surface area contributed by atoms with Gasteiger partial charge in [0.1, 0.15) is 11.7 Å². The van der Waals surface area contributed by atoms with E-state index in [1.807, 2.05) is 0 Å². The Labute approximate surface area is 139 Å². The second-order valence-corrected chi connectivity index (χ2v) is 4.93. The first-order valence-corrected chi connectivity index (χ1v) is 7.05. The van der Waals surface area contributed by atoms with Crippen molar-refractivity contribution in [2.24, 2.45) is 0 Å². The van der Waals surface area contributed by atoms with Gasteiger partial charge in [0.25, 0.3) is 0 Å². The van der Waals surface area contributed by atoms with Crippen LogP contribution in [-0.2, 0) is 6.42 Å². The third-order valence-electron chi connectivity index (χ3n) is 3.50. The molecule has 1 aromatic carbocycles. The van der Waals surface area contributed by atoms with Gasteiger partial charge in [0.15, 0.2) is 11.5 Å². The topological polar surface area (TPSA) is 102 Å². The molecule has 0 aliphatic heterocycles. The highest BCUT2D eigenvalue weighted by Crippen LogP contribution is 2.39. The molecule has 7 heteroatoms. The van der Waals surface area contributed by atoms with Crippen LogP contribution in [0.5, 0.6) is 17.2 Å². The molecule has 0 aliphatic carbocycles. The number of hydrogen-bond donors (Lipinski definition) is 1. The number of nitriles is 1. The van der Waals surface area contributed by atoms with Gasteiger partial charge in [-0.1, -0.05) is 0 Å². The zero-order valence-corrected chi connectivity index (χ0v) is 13.5. The van der Waals surface area contributed by atoms with Crippen LogP contribution in [0.15, 0.2) is 28.7 Å². The standard InChI is InChI=1S/C17H17NO6/c1-21-14-7-10(8-15(22-2)16(14)23-3)6-11(9-18)12-4-5-13(24-12)17(19)20/h4-5,7-8,11H,6H2,1-3H3,(H,19,20). The van der Waals surface area contributed by atoms with E-state index in [0.29, 0.717) is 29.4 Å². The Hall–Kier alpha value is -3.14. The van der Waals surface area contributed by atoms with Crippen LogP contribution in [0.3, 0.4) is 0 Å². The highest BCUT2D eigenvalue weighted by Gasteiger charge is 2.20. The molecule has 0 spiro atoms. The van der Waals surface area contributed by atoms with Crippen molar-refractivity contribution in [2.75, 3.05) is 21.3 Å². The zero-order chi connectivity index (χ0) is 17.7. The van der Waals surface area contributed by atoms with Crippen molar-refractivity contribution in [3.05, 3.63) is 41.3 Å². The first-order chi connectivity index (χ1) is 11.5. The number of nitrogens with zero attached hydrogens (tertiary/aromatic N) is 1. The molecule has 126 valence electrons. The molecule has 0 saturated carbocycles. The maximum Gasteiger partial charge on any atom is 0.371 e. The van der Waals surface area contributed by atoms with Gasteiger partial charge < -0.3 is 23.7 Å². The Morgan fingerprint density at radius 1 is 1.21 bits per heavy atom. The third-order valence-corrected chi connectivity index (χ3v) is 3.50. The number of methoxy groups -OCH3 is 3. The molecular weight excluding hydrogens is 314 g/mol. The van der Waals surface area contributed by atoms with Crippen molar-refractivity contribution in [1.82, 2.24) is 0 Å². The van der Waals surface area contributed by atoms with Crippen LogP contribution in [0.2, 0.25) is 0 Å². The number of furan rings is 1. The summed E-state index contributed by atoms with van der Waals surface area (Å²) >= 11 is 0. The normalized spacial score (nSPS) is 11.4. The Bertz CT molecular complexity index is 749. The second-order valence-electron chi connectivity index (χ2n) is 4.93.